The second kappa shape index (κ2) is 10.0. The van der Waals surface area contributed by atoms with E-state index in [2.05, 4.69) is 46.6 Å². The van der Waals surface area contributed by atoms with E-state index in [9.17, 15) is 14.3 Å². The van der Waals surface area contributed by atoms with E-state index in [1.54, 1.807) is 12.5 Å². The lowest BCUT2D eigenvalue weighted by Crippen LogP contribution is -2.63. The van der Waals surface area contributed by atoms with Crippen molar-refractivity contribution in [1.82, 2.24) is 19.9 Å². The van der Waals surface area contributed by atoms with Crippen LogP contribution in [0.15, 0.2) is 18.6 Å². The smallest absolute Gasteiger partial charge is 0.241 e. The molecule has 1 amide bonds. The highest BCUT2D eigenvalue weighted by molar-refractivity contribution is 7.88. The average molecular weight is 524 g/mol. The van der Waals surface area contributed by atoms with Gasteiger partial charge in [0.25, 0.3) is 0 Å². The first kappa shape index (κ1) is 27.0. The monoisotopic (exact) mass is 523 g/mol. The lowest BCUT2D eigenvalue weighted by Gasteiger charge is -2.46. The molecular weight excluding hydrogens is 486 g/mol. The highest BCUT2D eigenvalue weighted by Gasteiger charge is 2.50. The van der Waals surface area contributed by atoms with Crippen molar-refractivity contribution >= 4 is 34.0 Å². The van der Waals surface area contributed by atoms with E-state index in [1.807, 2.05) is 38.7 Å². The van der Waals surface area contributed by atoms with Gasteiger partial charge in [-0.05, 0) is 33.3 Å². The molecule has 3 aliphatic heterocycles. The third-order valence-corrected chi connectivity index (χ3v) is 9.66. The van der Waals surface area contributed by atoms with Gasteiger partial charge in [-0.3, -0.25) is 14.0 Å². The summed E-state index contributed by atoms with van der Waals surface area (Å²) < 4.78 is 11.5. The standard InChI is InChI=1S/C25H31N7O2S.C2H6/c1-16-13-30(7-8-31(16)23(33)25(5)6-9-35(25)34)21-20-22(29-15-28-21)32(14-24(20,3)4)19-10-18(11-26)17(2)27-12-19;1-2/h10,12,15-16H,6-9,13-14H2,1-5H3;1-2H3. The Balaban J connectivity index is 0.00000156. The average Bonchev–Trinajstić information content (AvgIpc) is 3.19. The third-order valence-electron chi connectivity index (χ3n) is 7.71. The van der Waals surface area contributed by atoms with Crippen LogP contribution in [0.3, 0.4) is 0 Å². The maximum Gasteiger partial charge on any atom is 0.241 e. The Kier molecular flexibility index (Phi) is 7.30. The van der Waals surface area contributed by atoms with Crippen LogP contribution >= 0.6 is 0 Å². The second-order valence-corrected chi connectivity index (χ2v) is 12.6. The Morgan fingerprint density at radius 1 is 1.16 bits per heavy atom. The van der Waals surface area contributed by atoms with Gasteiger partial charge in [0.05, 0.1) is 23.1 Å². The molecule has 0 saturated carbocycles. The Hall–Kier alpha value is -3.06. The fourth-order valence-electron chi connectivity index (χ4n) is 5.41. The Morgan fingerprint density at radius 2 is 1.86 bits per heavy atom. The summed E-state index contributed by atoms with van der Waals surface area (Å²) in [5, 5.41) is 9.48. The molecule has 198 valence electrons. The first-order valence-electron chi connectivity index (χ1n) is 13.0. The minimum Gasteiger partial charge on any atom is -0.352 e. The summed E-state index contributed by atoms with van der Waals surface area (Å²) in [4.78, 5) is 33.2. The Labute approximate surface area is 222 Å². The SMILES string of the molecule is CC.Cc1ncc(N2CC(C)(C)c3c(N4CCN(C(=O)C5(C)CCS5=O)C(C)C4)ncnc32)cc1C#N. The number of pyridine rings is 1. The van der Waals surface area contributed by atoms with Crippen LogP contribution in [0, 0.1) is 18.3 Å². The van der Waals surface area contributed by atoms with Gasteiger partial charge < -0.3 is 14.7 Å². The van der Waals surface area contributed by atoms with E-state index in [1.165, 1.54) is 0 Å². The van der Waals surface area contributed by atoms with Gasteiger partial charge in [0, 0.05) is 59.8 Å². The van der Waals surface area contributed by atoms with Gasteiger partial charge in [0.2, 0.25) is 5.91 Å². The highest BCUT2D eigenvalue weighted by Crippen LogP contribution is 2.47. The van der Waals surface area contributed by atoms with Crippen molar-refractivity contribution in [3.63, 3.8) is 0 Å². The first-order valence-corrected chi connectivity index (χ1v) is 14.3. The summed E-state index contributed by atoms with van der Waals surface area (Å²) in [7, 11) is -1.08. The largest absolute Gasteiger partial charge is 0.352 e. The van der Waals surface area contributed by atoms with E-state index in [-0.39, 0.29) is 17.4 Å². The van der Waals surface area contributed by atoms with Crippen LogP contribution in [0.4, 0.5) is 17.3 Å². The highest BCUT2D eigenvalue weighted by atomic mass is 32.2. The lowest BCUT2D eigenvalue weighted by atomic mass is 9.87. The van der Waals surface area contributed by atoms with E-state index in [0.29, 0.717) is 49.6 Å². The molecule has 3 atom stereocenters. The number of carbonyl (C=O) groups is 1. The number of aromatic nitrogens is 3. The topological polar surface area (TPSA) is 106 Å². The maximum atomic E-state index is 13.2. The number of rotatable bonds is 3. The molecule has 0 aromatic carbocycles. The Bertz CT molecular complexity index is 1270. The predicted octanol–water partition coefficient (Wildman–Crippen LogP) is 3.46. The molecule has 10 heteroatoms. The van der Waals surface area contributed by atoms with Crippen molar-refractivity contribution in [3.8, 4) is 6.07 Å². The van der Waals surface area contributed by atoms with Gasteiger partial charge in [0.15, 0.2) is 0 Å². The third kappa shape index (κ3) is 4.48. The molecule has 37 heavy (non-hydrogen) atoms. The zero-order valence-corrected chi connectivity index (χ0v) is 23.7. The molecule has 2 aromatic rings. The van der Waals surface area contributed by atoms with Crippen LogP contribution in [0.2, 0.25) is 0 Å². The molecule has 3 unspecified atom stereocenters. The molecule has 2 fully saturated rings. The molecule has 0 spiro atoms. The van der Waals surface area contributed by atoms with Crippen molar-refractivity contribution < 1.29 is 9.00 Å². The lowest BCUT2D eigenvalue weighted by molar-refractivity contribution is -0.136. The van der Waals surface area contributed by atoms with Crippen LogP contribution in [-0.4, -0.2) is 72.7 Å². The number of anilines is 3. The summed E-state index contributed by atoms with van der Waals surface area (Å²) >= 11 is 0. The molecular formula is C27H37N7O2S. The number of aryl methyl sites for hydroxylation is 1. The first-order chi connectivity index (χ1) is 17.6. The van der Waals surface area contributed by atoms with Crippen LogP contribution < -0.4 is 9.80 Å². The number of hydrogen-bond donors (Lipinski definition) is 0. The van der Waals surface area contributed by atoms with Crippen LogP contribution in [0.5, 0.6) is 0 Å². The fourth-order valence-corrected chi connectivity index (χ4v) is 6.71. The number of fused-ring (bicyclic) bond motifs is 1. The van der Waals surface area contributed by atoms with Crippen molar-refractivity contribution in [2.45, 2.75) is 71.1 Å². The zero-order chi connectivity index (χ0) is 27.1. The van der Waals surface area contributed by atoms with Crippen molar-refractivity contribution in [2.24, 2.45) is 0 Å². The number of hydrogen-bond acceptors (Lipinski definition) is 8. The quantitative estimate of drug-likeness (QED) is 0.602. The summed E-state index contributed by atoms with van der Waals surface area (Å²) in [6.07, 6.45) is 4.08. The number of nitriles is 1. The van der Waals surface area contributed by atoms with Crippen LogP contribution in [-0.2, 0) is 21.0 Å². The van der Waals surface area contributed by atoms with E-state index in [0.717, 1.165) is 22.9 Å². The molecule has 5 heterocycles. The summed E-state index contributed by atoms with van der Waals surface area (Å²) in [6, 6.07) is 4.08. The van der Waals surface area contributed by atoms with Crippen molar-refractivity contribution in [1.29, 1.82) is 5.26 Å². The van der Waals surface area contributed by atoms with Gasteiger partial charge in [-0.15, -0.1) is 0 Å². The molecule has 0 aliphatic carbocycles. The minimum atomic E-state index is -1.08. The van der Waals surface area contributed by atoms with E-state index >= 15 is 0 Å². The van der Waals surface area contributed by atoms with Crippen molar-refractivity contribution in [2.75, 3.05) is 41.7 Å². The fraction of sp³-hybridized carbons (Fsp3) is 0.593. The van der Waals surface area contributed by atoms with Gasteiger partial charge >= 0.3 is 0 Å². The summed E-state index contributed by atoms with van der Waals surface area (Å²) in [5.41, 5.74) is 2.95. The molecule has 0 N–H and O–H groups in total. The number of amides is 1. The van der Waals surface area contributed by atoms with Crippen LogP contribution in [0.25, 0.3) is 0 Å². The van der Waals surface area contributed by atoms with Crippen molar-refractivity contribution in [3.05, 3.63) is 35.4 Å². The van der Waals surface area contributed by atoms with E-state index < -0.39 is 15.5 Å². The zero-order valence-electron chi connectivity index (χ0n) is 22.9. The minimum absolute atomic E-state index is 0.00817. The van der Waals surface area contributed by atoms with Gasteiger partial charge in [-0.2, -0.15) is 5.26 Å². The number of carbonyl (C=O) groups excluding carboxylic acids is 1. The molecule has 5 rings (SSSR count). The van der Waals surface area contributed by atoms with Gasteiger partial charge in [0.1, 0.15) is 28.8 Å². The molecule has 9 nitrogen and oxygen atoms in total. The number of nitrogens with zero attached hydrogens (tertiary/aromatic N) is 7. The summed E-state index contributed by atoms with van der Waals surface area (Å²) in [5.74, 6) is 2.34. The van der Waals surface area contributed by atoms with Crippen LogP contribution in [0.1, 0.15) is 64.8 Å². The van der Waals surface area contributed by atoms with Gasteiger partial charge in [-0.25, -0.2) is 9.97 Å². The molecule has 2 aromatic heterocycles. The molecule has 2 saturated heterocycles. The molecule has 0 radical (unpaired) electrons. The van der Waals surface area contributed by atoms with E-state index in [4.69, 9.17) is 4.98 Å². The predicted molar refractivity (Wildman–Crippen MR) is 147 cm³/mol. The molecule has 0 bridgehead atoms. The molecule has 3 aliphatic rings. The summed E-state index contributed by atoms with van der Waals surface area (Å²) in [6.45, 7) is 16.7. The number of piperazine rings is 1. The normalized spacial score (nSPS) is 25.9. The second-order valence-electron chi connectivity index (χ2n) is 10.6. The maximum absolute atomic E-state index is 13.2. The van der Waals surface area contributed by atoms with Gasteiger partial charge in [-0.1, -0.05) is 27.7 Å². The Morgan fingerprint density at radius 3 is 2.46 bits per heavy atom.